The number of carbonyl (C=O) groups is 1. The van der Waals surface area contributed by atoms with Crippen LogP contribution in [0.3, 0.4) is 0 Å². The van der Waals surface area contributed by atoms with Gasteiger partial charge in [-0.25, -0.2) is 19.2 Å². The minimum absolute atomic E-state index is 0.0185. The van der Waals surface area contributed by atoms with Gasteiger partial charge in [0.2, 0.25) is 0 Å². The molecule has 1 aliphatic carbocycles. The lowest BCUT2D eigenvalue weighted by atomic mass is 9.99. The highest BCUT2D eigenvalue weighted by atomic mass is 19.1. The molecule has 29 heavy (non-hydrogen) atoms. The number of anilines is 2. The molecule has 1 N–H and O–H groups in total. The lowest BCUT2D eigenvalue weighted by Crippen LogP contribution is -2.59. The van der Waals surface area contributed by atoms with E-state index >= 15 is 0 Å². The molecule has 4 rings (SSSR count). The van der Waals surface area contributed by atoms with Crippen LogP contribution >= 0.6 is 0 Å². The summed E-state index contributed by atoms with van der Waals surface area (Å²) in [6, 6.07) is 5.69. The predicted molar refractivity (Wildman–Crippen MR) is 110 cm³/mol. The predicted octanol–water partition coefficient (Wildman–Crippen LogP) is 1.88. The molecule has 1 aliphatic heterocycles. The molecule has 1 saturated heterocycles. The van der Waals surface area contributed by atoms with Crippen molar-refractivity contribution >= 4 is 29.3 Å². The van der Waals surface area contributed by atoms with Crippen molar-refractivity contribution in [3.8, 4) is 0 Å². The van der Waals surface area contributed by atoms with Crippen molar-refractivity contribution in [2.24, 2.45) is 5.92 Å². The smallest absolute Gasteiger partial charge is 0.322 e. The summed E-state index contributed by atoms with van der Waals surface area (Å²) in [5.74, 6) is 0.666. The first kappa shape index (κ1) is 18.9. The highest BCUT2D eigenvalue weighted by Crippen LogP contribution is 2.21. The third-order valence-electron chi connectivity index (χ3n) is 5.20. The van der Waals surface area contributed by atoms with Crippen LogP contribution < -0.4 is 20.8 Å². The summed E-state index contributed by atoms with van der Waals surface area (Å²) in [4.78, 5) is 25.7. The van der Waals surface area contributed by atoms with Gasteiger partial charge in [-0.1, -0.05) is 31.4 Å². The SMILES string of the molecule is CC(C)C1CN(c2ncnc3c2=C=C=CC=3)CCN1C(=O)Nc1cccc(F)c1. The van der Waals surface area contributed by atoms with Gasteiger partial charge >= 0.3 is 6.03 Å². The van der Waals surface area contributed by atoms with Crippen LogP contribution in [0.25, 0.3) is 11.8 Å². The summed E-state index contributed by atoms with van der Waals surface area (Å²) in [5, 5.41) is 4.46. The van der Waals surface area contributed by atoms with Gasteiger partial charge in [0.15, 0.2) is 0 Å². The number of hydrogen-bond donors (Lipinski definition) is 1. The third kappa shape index (κ3) is 3.92. The Hall–Kier alpha value is -3.40. The Kier molecular flexibility index (Phi) is 5.17. The first-order valence-electron chi connectivity index (χ1n) is 9.64. The largest absolute Gasteiger partial charge is 0.352 e. The summed E-state index contributed by atoms with van der Waals surface area (Å²) in [6.07, 6.45) is 5.23. The summed E-state index contributed by atoms with van der Waals surface area (Å²) >= 11 is 0. The molecule has 1 fully saturated rings. The summed E-state index contributed by atoms with van der Waals surface area (Å²) in [5.41, 5.74) is 6.53. The number of allylic oxidation sites excluding steroid dienone is 1. The quantitative estimate of drug-likeness (QED) is 0.812. The fraction of sp³-hybridized carbons (Fsp3) is 0.318. The second-order valence-corrected chi connectivity index (χ2v) is 7.45. The number of benzene rings is 1. The van der Waals surface area contributed by atoms with Gasteiger partial charge in [0, 0.05) is 25.3 Å². The summed E-state index contributed by atoms with van der Waals surface area (Å²) in [7, 11) is 0. The Morgan fingerprint density at radius 1 is 1.31 bits per heavy atom. The molecule has 1 unspecified atom stereocenters. The number of piperazine rings is 1. The molecule has 1 atom stereocenters. The number of carbonyl (C=O) groups excluding carboxylic acids is 1. The normalized spacial score (nSPS) is 17.6. The van der Waals surface area contributed by atoms with Crippen LogP contribution in [0, 0.1) is 11.7 Å². The minimum atomic E-state index is -0.378. The van der Waals surface area contributed by atoms with Crippen LogP contribution in [0.2, 0.25) is 0 Å². The van der Waals surface area contributed by atoms with E-state index in [1.807, 2.05) is 11.0 Å². The highest BCUT2D eigenvalue weighted by Gasteiger charge is 2.33. The zero-order valence-corrected chi connectivity index (χ0v) is 16.4. The van der Waals surface area contributed by atoms with E-state index in [0.29, 0.717) is 25.3 Å². The zero-order chi connectivity index (χ0) is 20.4. The molecular weight excluding hydrogens is 369 g/mol. The second-order valence-electron chi connectivity index (χ2n) is 7.45. The maximum Gasteiger partial charge on any atom is 0.322 e. The summed E-state index contributed by atoms with van der Waals surface area (Å²) < 4.78 is 13.4. The monoisotopic (exact) mass is 391 g/mol. The van der Waals surface area contributed by atoms with E-state index in [0.717, 1.165) is 16.4 Å². The molecule has 0 radical (unpaired) electrons. The van der Waals surface area contributed by atoms with Gasteiger partial charge in [-0.05, 0) is 36.3 Å². The molecular formula is C22H22FN5O. The fourth-order valence-corrected chi connectivity index (χ4v) is 3.70. The topological polar surface area (TPSA) is 61.4 Å². The average molecular weight is 391 g/mol. The Balaban J connectivity index is 1.57. The number of nitrogens with zero attached hydrogens (tertiary/aromatic N) is 4. The van der Waals surface area contributed by atoms with Crippen LogP contribution in [0.1, 0.15) is 13.8 Å². The maximum absolute atomic E-state index is 13.4. The van der Waals surface area contributed by atoms with E-state index in [4.69, 9.17) is 0 Å². The molecule has 0 saturated carbocycles. The number of hydrogen-bond acceptors (Lipinski definition) is 4. The Morgan fingerprint density at radius 2 is 2.17 bits per heavy atom. The molecule has 7 heteroatoms. The average Bonchev–Trinajstić information content (AvgIpc) is 2.73. The van der Waals surface area contributed by atoms with Gasteiger partial charge in [0.1, 0.15) is 18.0 Å². The van der Waals surface area contributed by atoms with Crippen molar-refractivity contribution in [3.05, 3.63) is 58.8 Å². The number of fused-ring (bicyclic) bond motifs is 1. The van der Waals surface area contributed by atoms with Gasteiger partial charge in [-0.15, -0.1) is 0 Å². The van der Waals surface area contributed by atoms with Crippen LogP contribution in [0.5, 0.6) is 0 Å². The van der Waals surface area contributed by atoms with Crippen molar-refractivity contribution < 1.29 is 9.18 Å². The summed E-state index contributed by atoms with van der Waals surface area (Å²) in [6.45, 7) is 5.99. The second kappa shape index (κ2) is 7.92. The number of urea groups is 1. The third-order valence-corrected chi connectivity index (χ3v) is 5.20. The van der Waals surface area contributed by atoms with E-state index in [2.05, 4.69) is 45.5 Å². The Labute approximate surface area is 168 Å². The molecule has 2 amide bonds. The Morgan fingerprint density at radius 3 is 2.97 bits per heavy atom. The van der Waals surface area contributed by atoms with Gasteiger partial charge in [-0.2, -0.15) is 0 Å². The van der Waals surface area contributed by atoms with Crippen LogP contribution in [-0.4, -0.2) is 46.6 Å². The van der Waals surface area contributed by atoms with Crippen LogP contribution in [0.15, 0.2) is 42.4 Å². The fourth-order valence-electron chi connectivity index (χ4n) is 3.70. The molecule has 1 aromatic heterocycles. The van der Waals surface area contributed by atoms with Crippen LogP contribution in [0.4, 0.5) is 20.7 Å². The molecule has 0 bridgehead atoms. The Bertz CT molecular complexity index is 1130. The molecule has 6 nitrogen and oxygen atoms in total. The number of nitrogens with one attached hydrogen (secondary N) is 1. The lowest BCUT2D eigenvalue weighted by molar-refractivity contribution is 0.156. The van der Waals surface area contributed by atoms with E-state index in [9.17, 15) is 9.18 Å². The van der Waals surface area contributed by atoms with Gasteiger partial charge < -0.3 is 15.1 Å². The van der Waals surface area contributed by atoms with Crippen molar-refractivity contribution in [3.63, 3.8) is 0 Å². The van der Waals surface area contributed by atoms with Crippen molar-refractivity contribution in [1.82, 2.24) is 14.9 Å². The van der Waals surface area contributed by atoms with Gasteiger partial charge in [0.25, 0.3) is 0 Å². The van der Waals surface area contributed by atoms with E-state index in [-0.39, 0.29) is 23.8 Å². The number of amides is 2. The van der Waals surface area contributed by atoms with Crippen molar-refractivity contribution in [1.29, 1.82) is 0 Å². The first-order chi connectivity index (χ1) is 14.0. The molecule has 148 valence electrons. The number of rotatable bonds is 3. The first-order valence-corrected chi connectivity index (χ1v) is 9.64. The lowest BCUT2D eigenvalue weighted by Gasteiger charge is -2.43. The zero-order valence-electron chi connectivity index (χ0n) is 16.4. The maximum atomic E-state index is 13.4. The van der Waals surface area contributed by atoms with E-state index in [1.165, 1.54) is 12.1 Å². The highest BCUT2D eigenvalue weighted by molar-refractivity contribution is 5.89. The molecule has 2 aliphatic rings. The van der Waals surface area contributed by atoms with Gasteiger partial charge in [0.05, 0.1) is 16.6 Å². The standard InChI is InChI=1S/C22H22FN5O/c1-15(2)20-13-27(21-18-8-3-4-9-19(18)24-14-25-21)10-11-28(20)22(29)26-17-7-5-6-16(23)12-17/h4-7,9,12,14-15,20H,10-11,13H2,1-2H3,(H,26,29). The molecule has 1 aromatic carbocycles. The van der Waals surface area contributed by atoms with Crippen molar-refractivity contribution in [2.45, 2.75) is 19.9 Å². The van der Waals surface area contributed by atoms with Gasteiger partial charge in [-0.3, -0.25) is 0 Å². The minimum Gasteiger partial charge on any atom is -0.352 e. The van der Waals surface area contributed by atoms with E-state index < -0.39 is 0 Å². The van der Waals surface area contributed by atoms with E-state index in [1.54, 1.807) is 24.5 Å². The molecule has 2 aromatic rings. The van der Waals surface area contributed by atoms with Crippen LogP contribution in [-0.2, 0) is 0 Å². The molecule has 0 spiro atoms. The number of aromatic nitrogens is 2. The number of halogens is 1. The van der Waals surface area contributed by atoms with Crippen molar-refractivity contribution in [2.75, 3.05) is 29.9 Å². The molecule has 2 heterocycles.